The smallest absolute Gasteiger partial charge is 0.398 e. The molecule has 11 nitrogen and oxygen atoms in total. The van der Waals surface area contributed by atoms with Crippen LogP contribution in [0.25, 0.3) is 0 Å². The van der Waals surface area contributed by atoms with Crippen molar-refractivity contribution < 1.29 is 35.5 Å². The van der Waals surface area contributed by atoms with Crippen molar-refractivity contribution in [3.05, 3.63) is 27.5 Å². The number of sulfone groups is 1. The maximum absolute atomic E-state index is 12.3. The van der Waals surface area contributed by atoms with Crippen LogP contribution in [0, 0.1) is 6.92 Å². The number of carbonyl (C=O) groups excluding carboxylic acids is 1. The molecular weight excluding hydrogens is 368 g/mol. The van der Waals surface area contributed by atoms with Gasteiger partial charge in [-0.1, -0.05) is 0 Å². The van der Waals surface area contributed by atoms with Crippen LogP contribution in [0.1, 0.15) is 35.1 Å². The highest BCUT2D eigenvalue weighted by Gasteiger charge is 2.35. The topological polar surface area (TPSA) is 183 Å². The molecule has 1 amide bonds. The van der Waals surface area contributed by atoms with Crippen molar-refractivity contribution in [3.8, 4) is 5.88 Å². The lowest BCUT2D eigenvalue weighted by atomic mass is 10.1. The first-order valence-corrected chi connectivity index (χ1v) is 9.31. The number of hydrogen-bond donors (Lipinski definition) is 3. The number of amides is 1. The van der Waals surface area contributed by atoms with Crippen LogP contribution in [0.3, 0.4) is 0 Å². The number of pyridine rings is 1. The standard InChI is InChI=1S/C11H16N2O9S2/c1-5-4-8(14)13(11(16)9(5)10(12)15)6(2)23(17,18)7(3)22-24(19,20)21/h4,6-7,14H,1-3H3,(H2,12,15)(H,19,20,21). The fourth-order valence-corrected chi connectivity index (χ4v) is 4.16. The van der Waals surface area contributed by atoms with Crippen LogP contribution in [0.5, 0.6) is 5.88 Å². The number of primary amides is 1. The van der Waals surface area contributed by atoms with Crippen LogP contribution in [-0.2, 0) is 24.4 Å². The van der Waals surface area contributed by atoms with E-state index in [2.05, 4.69) is 4.18 Å². The Kier molecular flexibility index (Phi) is 5.44. The molecule has 0 spiro atoms. The molecule has 13 heteroatoms. The lowest BCUT2D eigenvalue weighted by molar-refractivity contribution is 0.0997. The van der Waals surface area contributed by atoms with E-state index >= 15 is 0 Å². The van der Waals surface area contributed by atoms with Crippen molar-refractivity contribution >= 4 is 26.1 Å². The zero-order valence-electron chi connectivity index (χ0n) is 12.8. The predicted octanol–water partition coefficient (Wildman–Crippen LogP) is -0.940. The molecule has 2 atom stereocenters. The zero-order valence-corrected chi connectivity index (χ0v) is 14.5. The van der Waals surface area contributed by atoms with Gasteiger partial charge in [0.25, 0.3) is 11.5 Å². The van der Waals surface area contributed by atoms with Crippen molar-refractivity contribution in [2.75, 3.05) is 0 Å². The van der Waals surface area contributed by atoms with Crippen LogP contribution >= 0.6 is 0 Å². The predicted molar refractivity (Wildman–Crippen MR) is 81.3 cm³/mol. The highest BCUT2D eigenvalue weighted by atomic mass is 32.3. The Bertz CT molecular complexity index is 931. The first kappa shape index (κ1) is 20.1. The lowest BCUT2D eigenvalue weighted by Crippen LogP contribution is -2.38. The molecule has 136 valence electrons. The third kappa shape index (κ3) is 3.92. The number of aryl methyl sites for hydroxylation is 1. The van der Waals surface area contributed by atoms with Crippen LogP contribution in [-0.4, -0.2) is 42.4 Å². The summed E-state index contributed by atoms with van der Waals surface area (Å²) >= 11 is 0. The van der Waals surface area contributed by atoms with E-state index in [9.17, 15) is 31.5 Å². The minimum Gasteiger partial charge on any atom is -0.494 e. The van der Waals surface area contributed by atoms with Gasteiger partial charge in [0.05, 0.1) is 0 Å². The number of aromatic hydroxyl groups is 1. The van der Waals surface area contributed by atoms with Gasteiger partial charge in [-0.3, -0.25) is 18.7 Å². The van der Waals surface area contributed by atoms with Gasteiger partial charge in [0, 0.05) is 6.07 Å². The SMILES string of the molecule is Cc1cc(O)n(C(C)S(=O)(=O)C(C)OS(=O)(=O)O)c(=O)c1C(N)=O. The van der Waals surface area contributed by atoms with Crippen LogP contribution in [0.2, 0.25) is 0 Å². The molecule has 24 heavy (non-hydrogen) atoms. The van der Waals surface area contributed by atoms with E-state index in [4.69, 9.17) is 10.3 Å². The average molecular weight is 384 g/mol. The third-order valence-corrected chi connectivity index (χ3v) is 6.06. The van der Waals surface area contributed by atoms with Gasteiger partial charge in [-0.05, 0) is 26.3 Å². The summed E-state index contributed by atoms with van der Waals surface area (Å²) in [6, 6.07) is 0.960. The van der Waals surface area contributed by atoms with Crippen LogP contribution < -0.4 is 11.3 Å². The zero-order chi connectivity index (χ0) is 19.0. The molecule has 4 N–H and O–H groups in total. The van der Waals surface area contributed by atoms with Gasteiger partial charge in [-0.2, -0.15) is 8.42 Å². The van der Waals surface area contributed by atoms with Gasteiger partial charge >= 0.3 is 10.4 Å². The number of aromatic nitrogens is 1. The summed E-state index contributed by atoms with van der Waals surface area (Å²) < 4.78 is 58.8. The summed E-state index contributed by atoms with van der Waals surface area (Å²) in [7, 11) is -9.61. The molecule has 1 rings (SSSR count). The van der Waals surface area contributed by atoms with E-state index in [1.165, 1.54) is 6.92 Å². The van der Waals surface area contributed by atoms with Gasteiger partial charge in [-0.25, -0.2) is 12.6 Å². The molecule has 0 aromatic carbocycles. The molecule has 1 heterocycles. The van der Waals surface area contributed by atoms with Gasteiger partial charge < -0.3 is 10.8 Å². The van der Waals surface area contributed by atoms with Crippen molar-refractivity contribution in [1.29, 1.82) is 0 Å². The van der Waals surface area contributed by atoms with E-state index in [0.717, 1.165) is 19.9 Å². The minimum atomic E-state index is -5.07. The summed E-state index contributed by atoms with van der Waals surface area (Å²) in [6.07, 6.45) is 0. The maximum atomic E-state index is 12.3. The molecule has 0 aliphatic rings. The Morgan fingerprint density at radius 2 is 1.79 bits per heavy atom. The van der Waals surface area contributed by atoms with Gasteiger partial charge in [-0.15, -0.1) is 0 Å². The second kappa shape index (κ2) is 6.51. The van der Waals surface area contributed by atoms with Crippen molar-refractivity contribution in [2.24, 2.45) is 5.73 Å². The summed E-state index contributed by atoms with van der Waals surface area (Å²) in [5.74, 6) is -1.91. The molecule has 0 aliphatic carbocycles. The molecule has 0 saturated heterocycles. The molecule has 1 aromatic heterocycles. The molecule has 0 saturated carbocycles. The normalized spacial score (nSPS) is 15.0. The highest BCUT2D eigenvalue weighted by molar-refractivity contribution is 7.92. The first-order valence-electron chi connectivity index (χ1n) is 6.33. The fraction of sp³-hybridized carbons (Fsp3) is 0.455. The number of nitrogens with two attached hydrogens (primary N) is 1. The van der Waals surface area contributed by atoms with Gasteiger partial charge in [0.15, 0.2) is 21.2 Å². The molecule has 0 radical (unpaired) electrons. The molecule has 1 aromatic rings. The second-order valence-electron chi connectivity index (χ2n) is 4.88. The Morgan fingerprint density at radius 3 is 2.21 bits per heavy atom. The van der Waals surface area contributed by atoms with Crippen molar-refractivity contribution in [2.45, 2.75) is 31.6 Å². The van der Waals surface area contributed by atoms with Gasteiger partial charge in [0.1, 0.15) is 10.9 Å². The van der Waals surface area contributed by atoms with Crippen LogP contribution in [0.4, 0.5) is 0 Å². The Balaban J connectivity index is 3.54. The number of nitrogens with zero attached hydrogens (tertiary/aromatic N) is 1. The average Bonchev–Trinajstić information content (AvgIpc) is 2.34. The number of carbonyl (C=O) groups is 1. The number of rotatable bonds is 6. The Morgan fingerprint density at radius 1 is 1.29 bits per heavy atom. The molecule has 0 fully saturated rings. The van der Waals surface area contributed by atoms with E-state index < -0.39 is 54.0 Å². The quantitative estimate of drug-likeness (QED) is 0.521. The van der Waals surface area contributed by atoms with E-state index in [1.54, 1.807) is 0 Å². The molecule has 0 aliphatic heterocycles. The first-order chi connectivity index (χ1) is 10.7. The summed E-state index contributed by atoms with van der Waals surface area (Å²) in [5, 5.41) is 8.05. The van der Waals surface area contributed by atoms with Crippen LogP contribution in [0.15, 0.2) is 10.9 Å². The minimum absolute atomic E-state index is 0.0353. The number of hydrogen-bond acceptors (Lipinski definition) is 8. The Hall–Kier alpha value is -1.96. The summed E-state index contributed by atoms with van der Waals surface area (Å²) in [4.78, 5) is 23.6. The molecular formula is C11H16N2O9S2. The van der Waals surface area contributed by atoms with E-state index in [-0.39, 0.29) is 5.56 Å². The third-order valence-electron chi connectivity index (χ3n) is 3.22. The molecule has 2 unspecified atom stereocenters. The van der Waals surface area contributed by atoms with Gasteiger partial charge in [0.2, 0.25) is 0 Å². The lowest BCUT2D eigenvalue weighted by Gasteiger charge is -2.21. The second-order valence-corrected chi connectivity index (χ2v) is 8.45. The van der Waals surface area contributed by atoms with Crippen molar-refractivity contribution in [3.63, 3.8) is 0 Å². The van der Waals surface area contributed by atoms with E-state index in [1.807, 2.05) is 0 Å². The Labute approximate surface area is 137 Å². The summed E-state index contributed by atoms with van der Waals surface area (Å²) in [5.41, 5.74) is 1.34. The largest absolute Gasteiger partial charge is 0.494 e. The molecule has 0 bridgehead atoms. The van der Waals surface area contributed by atoms with Crippen molar-refractivity contribution in [1.82, 2.24) is 4.57 Å². The summed E-state index contributed by atoms with van der Waals surface area (Å²) in [6.45, 7) is 3.08. The van der Waals surface area contributed by atoms with E-state index in [0.29, 0.717) is 4.57 Å². The maximum Gasteiger partial charge on any atom is 0.398 e. The highest BCUT2D eigenvalue weighted by Crippen LogP contribution is 2.25. The fourth-order valence-electron chi connectivity index (χ4n) is 2.03. The monoisotopic (exact) mass is 384 g/mol.